The lowest BCUT2D eigenvalue weighted by Crippen LogP contribution is -2.43. The zero-order valence-corrected chi connectivity index (χ0v) is 13.5. The number of nitrogens with one attached hydrogen (secondary N) is 2. The Morgan fingerprint density at radius 2 is 1.96 bits per heavy atom. The first-order valence-corrected chi connectivity index (χ1v) is 7.81. The predicted molar refractivity (Wildman–Crippen MR) is 91.0 cm³/mol. The van der Waals surface area contributed by atoms with Crippen LogP contribution in [0, 0.1) is 13.8 Å². The second-order valence-corrected chi connectivity index (χ2v) is 5.68. The van der Waals surface area contributed by atoms with E-state index in [0.717, 1.165) is 43.3 Å². The van der Waals surface area contributed by atoms with Crippen molar-refractivity contribution in [1.82, 2.24) is 15.3 Å². The van der Waals surface area contributed by atoms with Gasteiger partial charge in [0, 0.05) is 31.9 Å². The summed E-state index contributed by atoms with van der Waals surface area (Å²) in [6.07, 6.45) is 1.81. The summed E-state index contributed by atoms with van der Waals surface area (Å²) < 4.78 is 0. The molecule has 6 nitrogen and oxygen atoms in total. The Morgan fingerprint density at radius 3 is 2.61 bits per heavy atom. The first kappa shape index (κ1) is 15.4. The second kappa shape index (κ2) is 6.75. The van der Waals surface area contributed by atoms with E-state index in [4.69, 9.17) is 0 Å². The Morgan fingerprint density at radius 1 is 1.17 bits per heavy atom. The first-order chi connectivity index (χ1) is 11.1. The molecule has 0 atom stereocenters. The van der Waals surface area contributed by atoms with E-state index in [1.807, 2.05) is 32.0 Å². The van der Waals surface area contributed by atoms with Crippen LogP contribution in [0.2, 0.25) is 0 Å². The number of nitrogens with zero attached hydrogens (tertiary/aromatic N) is 3. The van der Waals surface area contributed by atoms with Crippen LogP contribution in [0.25, 0.3) is 0 Å². The van der Waals surface area contributed by atoms with Gasteiger partial charge in [0.1, 0.15) is 5.82 Å². The SMILES string of the molecule is Cc1ccc(C(=O)Nc2ccc(N3CCNCC3)cn2)c(C)n1. The van der Waals surface area contributed by atoms with Gasteiger partial charge in [-0.2, -0.15) is 0 Å². The summed E-state index contributed by atoms with van der Waals surface area (Å²) in [6.45, 7) is 7.66. The quantitative estimate of drug-likeness (QED) is 0.904. The van der Waals surface area contributed by atoms with E-state index in [-0.39, 0.29) is 5.91 Å². The molecule has 23 heavy (non-hydrogen) atoms. The zero-order valence-electron chi connectivity index (χ0n) is 13.5. The van der Waals surface area contributed by atoms with E-state index in [0.29, 0.717) is 11.4 Å². The standard InChI is InChI=1S/C17H21N5O/c1-12-3-5-15(13(2)20-12)17(23)21-16-6-4-14(11-19-16)22-9-7-18-8-10-22/h3-6,11,18H,7-10H2,1-2H3,(H,19,21,23). The highest BCUT2D eigenvalue weighted by Gasteiger charge is 2.13. The van der Waals surface area contributed by atoms with E-state index in [9.17, 15) is 4.79 Å². The third-order valence-electron chi connectivity index (χ3n) is 3.94. The van der Waals surface area contributed by atoms with Crippen molar-refractivity contribution in [2.24, 2.45) is 0 Å². The van der Waals surface area contributed by atoms with Gasteiger partial charge in [0.15, 0.2) is 0 Å². The van der Waals surface area contributed by atoms with Crippen LogP contribution < -0.4 is 15.5 Å². The normalized spacial score (nSPS) is 14.6. The minimum atomic E-state index is -0.183. The Hall–Kier alpha value is -2.47. The number of amides is 1. The molecule has 2 N–H and O–H groups in total. The number of pyridine rings is 2. The molecule has 1 saturated heterocycles. The van der Waals surface area contributed by atoms with Crippen molar-refractivity contribution in [1.29, 1.82) is 0 Å². The van der Waals surface area contributed by atoms with Gasteiger partial charge in [-0.15, -0.1) is 0 Å². The molecule has 0 saturated carbocycles. The molecule has 3 rings (SSSR count). The van der Waals surface area contributed by atoms with Gasteiger partial charge in [-0.3, -0.25) is 9.78 Å². The third-order valence-corrected chi connectivity index (χ3v) is 3.94. The first-order valence-electron chi connectivity index (χ1n) is 7.81. The molecule has 0 unspecified atom stereocenters. The van der Waals surface area contributed by atoms with Gasteiger partial charge in [-0.05, 0) is 38.1 Å². The summed E-state index contributed by atoms with van der Waals surface area (Å²) in [5.41, 5.74) is 3.28. The summed E-state index contributed by atoms with van der Waals surface area (Å²) in [6, 6.07) is 7.46. The number of hydrogen-bond donors (Lipinski definition) is 2. The second-order valence-electron chi connectivity index (χ2n) is 5.68. The molecule has 0 radical (unpaired) electrons. The minimum Gasteiger partial charge on any atom is -0.368 e. The van der Waals surface area contributed by atoms with Gasteiger partial charge in [0.25, 0.3) is 5.91 Å². The molecule has 2 aromatic rings. The van der Waals surface area contributed by atoms with Crippen LogP contribution in [0.1, 0.15) is 21.7 Å². The number of carbonyl (C=O) groups is 1. The predicted octanol–water partition coefficient (Wildman–Crippen LogP) is 1.76. The molecule has 1 fully saturated rings. The van der Waals surface area contributed by atoms with Gasteiger partial charge in [-0.1, -0.05) is 0 Å². The van der Waals surface area contributed by atoms with Crippen molar-refractivity contribution in [2.75, 3.05) is 36.4 Å². The van der Waals surface area contributed by atoms with E-state index in [1.54, 1.807) is 12.3 Å². The monoisotopic (exact) mass is 311 g/mol. The average molecular weight is 311 g/mol. The van der Waals surface area contributed by atoms with E-state index >= 15 is 0 Å². The summed E-state index contributed by atoms with van der Waals surface area (Å²) in [7, 11) is 0. The van der Waals surface area contributed by atoms with Crippen LogP contribution in [-0.4, -0.2) is 42.1 Å². The van der Waals surface area contributed by atoms with Crippen molar-refractivity contribution >= 4 is 17.4 Å². The molecule has 0 aliphatic carbocycles. The molecule has 0 spiro atoms. The van der Waals surface area contributed by atoms with E-state index in [2.05, 4.69) is 25.5 Å². The fourth-order valence-electron chi connectivity index (χ4n) is 2.68. The van der Waals surface area contributed by atoms with Crippen LogP contribution in [0.4, 0.5) is 11.5 Å². The molecule has 1 aliphatic rings. The molecular formula is C17H21N5O. The van der Waals surface area contributed by atoms with Gasteiger partial charge < -0.3 is 15.5 Å². The fourth-order valence-corrected chi connectivity index (χ4v) is 2.68. The number of rotatable bonds is 3. The number of piperazine rings is 1. The Balaban J connectivity index is 1.69. The molecule has 6 heteroatoms. The molecular weight excluding hydrogens is 290 g/mol. The van der Waals surface area contributed by atoms with Crippen molar-refractivity contribution in [3.63, 3.8) is 0 Å². The molecule has 3 heterocycles. The molecule has 2 aromatic heterocycles. The maximum atomic E-state index is 12.3. The van der Waals surface area contributed by atoms with Crippen molar-refractivity contribution < 1.29 is 4.79 Å². The number of hydrogen-bond acceptors (Lipinski definition) is 5. The summed E-state index contributed by atoms with van der Waals surface area (Å²) in [5, 5.41) is 6.15. The molecule has 0 bridgehead atoms. The highest BCUT2D eigenvalue weighted by Crippen LogP contribution is 2.16. The zero-order chi connectivity index (χ0) is 16.2. The number of aryl methyl sites for hydroxylation is 2. The van der Waals surface area contributed by atoms with Gasteiger partial charge in [0.05, 0.1) is 23.1 Å². The fraction of sp³-hybridized carbons (Fsp3) is 0.353. The van der Waals surface area contributed by atoms with Crippen LogP contribution in [0.5, 0.6) is 0 Å². The molecule has 1 amide bonds. The van der Waals surface area contributed by atoms with Crippen LogP contribution >= 0.6 is 0 Å². The number of carbonyl (C=O) groups excluding carboxylic acids is 1. The minimum absolute atomic E-state index is 0.183. The Labute approximate surface area is 135 Å². The van der Waals surface area contributed by atoms with Crippen molar-refractivity contribution in [2.45, 2.75) is 13.8 Å². The van der Waals surface area contributed by atoms with Gasteiger partial charge in [-0.25, -0.2) is 4.98 Å². The molecule has 1 aliphatic heterocycles. The lowest BCUT2D eigenvalue weighted by atomic mass is 10.1. The Kier molecular flexibility index (Phi) is 4.52. The van der Waals surface area contributed by atoms with Crippen molar-refractivity contribution in [3.8, 4) is 0 Å². The summed E-state index contributed by atoms with van der Waals surface area (Å²) in [5.74, 6) is 0.367. The maximum Gasteiger partial charge on any atom is 0.258 e. The lowest BCUT2D eigenvalue weighted by molar-refractivity contribution is 0.102. The smallest absolute Gasteiger partial charge is 0.258 e. The van der Waals surface area contributed by atoms with Crippen LogP contribution in [-0.2, 0) is 0 Å². The van der Waals surface area contributed by atoms with E-state index < -0.39 is 0 Å². The number of aromatic nitrogens is 2. The lowest BCUT2D eigenvalue weighted by Gasteiger charge is -2.29. The topological polar surface area (TPSA) is 70.2 Å². The summed E-state index contributed by atoms with van der Waals surface area (Å²) in [4.78, 5) is 23.3. The third kappa shape index (κ3) is 3.65. The van der Waals surface area contributed by atoms with Gasteiger partial charge in [0.2, 0.25) is 0 Å². The molecule has 120 valence electrons. The van der Waals surface area contributed by atoms with Crippen LogP contribution in [0.3, 0.4) is 0 Å². The van der Waals surface area contributed by atoms with Crippen molar-refractivity contribution in [3.05, 3.63) is 47.4 Å². The largest absolute Gasteiger partial charge is 0.368 e. The maximum absolute atomic E-state index is 12.3. The number of anilines is 2. The highest BCUT2D eigenvalue weighted by atomic mass is 16.1. The van der Waals surface area contributed by atoms with E-state index in [1.165, 1.54) is 0 Å². The Bertz CT molecular complexity index is 693. The van der Waals surface area contributed by atoms with Gasteiger partial charge >= 0.3 is 0 Å². The van der Waals surface area contributed by atoms with Crippen LogP contribution in [0.15, 0.2) is 30.5 Å². The summed E-state index contributed by atoms with van der Waals surface area (Å²) >= 11 is 0. The average Bonchev–Trinajstić information content (AvgIpc) is 2.56. The highest BCUT2D eigenvalue weighted by molar-refractivity contribution is 6.04. The molecule has 0 aromatic carbocycles.